The van der Waals surface area contributed by atoms with Gasteiger partial charge in [-0.05, 0) is 19.0 Å². The topological polar surface area (TPSA) is 81.7 Å². The Hall–Kier alpha value is -1.62. The highest BCUT2D eigenvalue weighted by Crippen LogP contribution is 2.51. The first-order valence-electron chi connectivity index (χ1n) is 5.86. The minimum atomic E-state index is -0.453. The van der Waals surface area contributed by atoms with E-state index in [1.165, 1.54) is 31.7 Å². The monoisotopic (exact) mass is 238 g/mol. The van der Waals surface area contributed by atoms with Crippen molar-refractivity contribution < 1.29 is 9.66 Å². The lowest BCUT2D eigenvalue weighted by molar-refractivity contribution is -0.384. The van der Waals surface area contributed by atoms with Crippen molar-refractivity contribution in [3.05, 3.63) is 28.3 Å². The van der Waals surface area contributed by atoms with Crippen LogP contribution in [-0.4, -0.2) is 11.5 Å². The molecule has 0 saturated heterocycles. The Bertz CT molecular complexity index is 376. The molecule has 2 rings (SSSR count). The van der Waals surface area contributed by atoms with E-state index in [1.54, 1.807) is 12.1 Å². The second-order valence-corrected chi connectivity index (χ2v) is 3.81. The summed E-state index contributed by atoms with van der Waals surface area (Å²) in [7, 11) is 0. The molecule has 1 aliphatic rings. The highest BCUT2D eigenvalue weighted by molar-refractivity contribution is 5.66. The molecule has 1 aromatic rings. The lowest BCUT2D eigenvalue weighted by atomic mass is 10.2. The zero-order valence-electron chi connectivity index (χ0n) is 10.0. The van der Waals surface area contributed by atoms with Gasteiger partial charge in [-0.25, -0.2) is 0 Å². The Kier molecular flexibility index (Phi) is 5.42. The lowest BCUT2D eigenvalue weighted by Crippen LogP contribution is -1.97. The van der Waals surface area contributed by atoms with E-state index in [-0.39, 0.29) is 5.69 Å². The first-order valence-corrected chi connectivity index (χ1v) is 5.86. The van der Waals surface area contributed by atoms with Gasteiger partial charge < -0.3 is 10.5 Å². The minimum Gasteiger partial charge on any atom is -0.442 e. The zero-order chi connectivity index (χ0) is 12.7. The van der Waals surface area contributed by atoms with Gasteiger partial charge in [0.15, 0.2) is 5.75 Å². The van der Waals surface area contributed by atoms with Crippen molar-refractivity contribution in [1.29, 1.82) is 0 Å². The maximum absolute atomic E-state index is 10.2. The fourth-order valence-electron chi connectivity index (χ4n) is 1.39. The predicted molar refractivity (Wildman–Crippen MR) is 66.4 cm³/mol. The van der Waals surface area contributed by atoms with E-state index in [0.29, 0.717) is 11.5 Å². The first-order chi connectivity index (χ1) is 8.20. The van der Waals surface area contributed by atoms with Gasteiger partial charge in [-0.1, -0.05) is 32.3 Å². The molecule has 0 aliphatic carbocycles. The highest BCUT2D eigenvalue weighted by atomic mass is 16.6. The van der Waals surface area contributed by atoms with Crippen molar-refractivity contribution in [2.75, 3.05) is 6.54 Å². The third kappa shape index (κ3) is 4.40. The maximum atomic E-state index is 10.2. The van der Waals surface area contributed by atoms with Crippen molar-refractivity contribution in [1.82, 2.24) is 0 Å². The number of unbranched alkanes of at least 4 members (excludes halogenated alkanes) is 3. The van der Waals surface area contributed by atoms with Crippen LogP contribution in [0.1, 0.15) is 32.6 Å². The standard InChI is InChI=1S/C6H3NO3.C6H15N/c8-7(9)4-2-1-3-5-6(4)10-5;1-2-3-4-5-6-7/h1-3H;2-7H2,1H3. The van der Waals surface area contributed by atoms with Crippen molar-refractivity contribution in [2.45, 2.75) is 32.6 Å². The number of nitro benzene ring substituents is 1. The fourth-order valence-corrected chi connectivity index (χ4v) is 1.39. The normalized spacial score (nSPS) is 10.7. The van der Waals surface area contributed by atoms with Gasteiger partial charge in [-0.3, -0.25) is 10.1 Å². The van der Waals surface area contributed by atoms with Crippen molar-refractivity contribution in [3.63, 3.8) is 0 Å². The molecule has 0 unspecified atom stereocenters. The van der Waals surface area contributed by atoms with E-state index >= 15 is 0 Å². The Balaban J connectivity index is 0.000000185. The summed E-state index contributed by atoms with van der Waals surface area (Å²) in [5, 5.41) is 10.2. The molecule has 2 N–H and O–H groups in total. The molecular formula is C12H18N2O3. The van der Waals surface area contributed by atoms with Gasteiger partial charge in [-0.2, -0.15) is 0 Å². The van der Waals surface area contributed by atoms with Crippen molar-refractivity contribution in [3.8, 4) is 11.5 Å². The Morgan fingerprint density at radius 2 is 2.12 bits per heavy atom. The molecule has 0 amide bonds. The number of hydrogen-bond acceptors (Lipinski definition) is 4. The van der Waals surface area contributed by atoms with Crippen LogP contribution in [-0.2, 0) is 0 Å². The van der Waals surface area contributed by atoms with Gasteiger partial charge in [0.2, 0.25) is 5.75 Å². The zero-order valence-corrected chi connectivity index (χ0v) is 10.0. The molecule has 1 heterocycles. The van der Waals surface area contributed by atoms with Gasteiger partial charge in [0.1, 0.15) is 0 Å². The summed E-state index contributed by atoms with van der Waals surface area (Å²) in [6.45, 7) is 3.07. The number of para-hydroxylation sites is 1. The first kappa shape index (κ1) is 13.4. The van der Waals surface area contributed by atoms with Crippen LogP contribution in [0.3, 0.4) is 0 Å². The molecule has 5 nitrogen and oxygen atoms in total. The van der Waals surface area contributed by atoms with Gasteiger partial charge >= 0.3 is 5.69 Å². The summed E-state index contributed by atoms with van der Waals surface area (Å²) in [4.78, 5) is 9.73. The molecule has 0 spiro atoms. The molecule has 5 heteroatoms. The van der Waals surface area contributed by atoms with Crippen molar-refractivity contribution in [2.24, 2.45) is 5.73 Å². The number of nitro groups is 1. The van der Waals surface area contributed by atoms with Crippen LogP contribution in [0.15, 0.2) is 18.2 Å². The molecular weight excluding hydrogens is 220 g/mol. The second-order valence-electron chi connectivity index (χ2n) is 3.81. The van der Waals surface area contributed by atoms with E-state index in [0.717, 1.165) is 6.54 Å². The van der Waals surface area contributed by atoms with Crippen LogP contribution < -0.4 is 10.5 Å². The SMILES string of the molecule is CCCCCCN.O=[N+]([O-])c1cccc2c1O2. The second kappa shape index (κ2) is 6.85. The molecule has 1 aromatic carbocycles. The molecule has 0 bridgehead atoms. The minimum absolute atomic E-state index is 0.0532. The van der Waals surface area contributed by atoms with Gasteiger partial charge in [-0.15, -0.1) is 0 Å². The van der Waals surface area contributed by atoms with E-state index < -0.39 is 4.92 Å². The van der Waals surface area contributed by atoms with Crippen LogP contribution in [0.2, 0.25) is 0 Å². The van der Waals surface area contributed by atoms with E-state index in [4.69, 9.17) is 10.5 Å². The average molecular weight is 238 g/mol. The van der Waals surface area contributed by atoms with E-state index in [2.05, 4.69) is 6.92 Å². The average Bonchev–Trinajstić information content (AvgIpc) is 3.09. The Morgan fingerprint density at radius 3 is 2.65 bits per heavy atom. The third-order valence-electron chi connectivity index (χ3n) is 2.38. The van der Waals surface area contributed by atoms with Crippen LogP contribution in [0.5, 0.6) is 11.5 Å². The molecule has 94 valence electrons. The van der Waals surface area contributed by atoms with Gasteiger partial charge in [0, 0.05) is 6.07 Å². The number of ether oxygens (including phenoxy) is 1. The molecule has 0 fully saturated rings. The van der Waals surface area contributed by atoms with Crippen LogP contribution >= 0.6 is 0 Å². The largest absolute Gasteiger partial charge is 0.442 e. The van der Waals surface area contributed by atoms with Gasteiger partial charge in [0.05, 0.1) is 4.92 Å². The molecule has 0 atom stereocenters. The summed E-state index contributed by atoms with van der Waals surface area (Å²) in [5.74, 6) is 1.03. The molecule has 0 saturated carbocycles. The molecule has 0 radical (unpaired) electrons. The Morgan fingerprint density at radius 1 is 1.35 bits per heavy atom. The molecule has 17 heavy (non-hydrogen) atoms. The number of nitrogens with two attached hydrogens (primary N) is 1. The summed E-state index contributed by atoms with van der Waals surface area (Å²) in [6.07, 6.45) is 5.16. The van der Waals surface area contributed by atoms with Crippen LogP contribution in [0.25, 0.3) is 0 Å². The number of benzene rings is 1. The third-order valence-corrected chi connectivity index (χ3v) is 2.38. The molecule has 1 aliphatic heterocycles. The maximum Gasteiger partial charge on any atom is 0.315 e. The predicted octanol–water partition coefficient (Wildman–Crippen LogP) is 3.23. The quantitative estimate of drug-likeness (QED) is 0.375. The number of hydrogen-bond donors (Lipinski definition) is 1. The summed E-state index contributed by atoms with van der Waals surface area (Å²) >= 11 is 0. The smallest absolute Gasteiger partial charge is 0.315 e. The summed E-state index contributed by atoms with van der Waals surface area (Å²) in [6, 6.07) is 4.72. The van der Waals surface area contributed by atoms with E-state index in [1.807, 2.05) is 0 Å². The molecule has 0 aromatic heterocycles. The van der Waals surface area contributed by atoms with E-state index in [9.17, 15) is 10.1 Å². The van der Waals surface area contributed by atoms with Crippen LogP contribution in [0.4, 0.5) is 5.69 Å². The van der Waals surface area contributed by atoms with Gasteiger partial charge in [0.25, 0.3) is 0 Å². The van der Waals surface area contributed by atoms with Crippen molar-refractivity contribution >= 4 is 5.69 Å². The van der Waals surface area contributed by atoms with Crippen LogP contribution in [0, 0.1) is 10.1 Å². The Labute approximate surface area is 101 Å². The lowest BCUT2D eigenvalue weighted by Gasteiger charge is -1.90. The number of fused-ring (bicyclic) bond motifs is 1. The fraction of sp³-hybridized carbons (Fsp3) is 0.500. The number of nitrogens with zero attached hydrogens (tertiary/aromatic N) is 1. The summed E-state index contributed by atoms with van der Waals surface area (Å²) in [5.41, 5.74) is 5.32. The highest BCUT2D eigenvalue weighted by Gasteiger charge is 2.30. The summed E-state index contributed by atoms with van der Waals surface area (Å²) < 4.78 is 4.79. The number of rotatable bonds is 5.